The quantitative estimate of drug-likeness (QED) is 0.821. The monoisotopic (exact) mass is 354 g/mol. The van der Waals surface area contributed by atoms with E-state index >= 15 is 0 Å². The van der Waals surface area contributed by atoms with Crippen molar-refractivity contribution in [3.63, 3.8) is 0 Å². The zero-order chi connectivity index (χ0) is 15.4. The lowest BCUT2D eigenvalue weighted by Crippen LogP contribution is -2.27. The van der Waals surface area contributed by atoms with E-state index in [1.54, 1.807) is 0 Å². The summed E-state index contributed by atoms with van der Waals surface area (Å²) in [6, 6.07) is 0.0859. The predicted molar refractivity (Wildman–Crippen MR) is 87.2 cm³/mol. The van der Waals surface area contributed by atoms with E-state index in [1.165, 1.54) is 0 Å². The zero-order valence-electron chi connectivity index (χ0n) is 13.0. The van der Waals surface area contributed by atoms with Gasteiger partial charge in [0.15, 0.2) is 0 Å². The maximum Gasteiger partial charge on any atom is 0.0790 e. The van der Waals surface area contributed by atoms with E-state index in [2.05, 4.69) is 62.0 Å². The molecule has 1 unspecified atom stereocenters. The van der Waals surface area contributed by atoms with Crippen molar-refractivity contribution in [3.05, 3.63) is 34.3 Å². The number of nitrogens with one attached hydrogen (secondary N) is 1. The highest BCUT2D eigenvalue weighted by Gasteiger charge is 2.22. The summed E-state index contributed by atoms with van der Waals surface area (Å²) in [5.41, 5.74) is 2.29. The van der Waals surface area contributed by atoms with Crippen molar-refractivity contribution in [3.8, 4) is 0 Å². The molecule has 0 aliphatic rings. The summed E-state index contributed by atoms with van der Waals surface area (Å²) in [6.07, 6.45) is 5.82. The van der Waals surface area contributed by atoms with Gasteiger partial charge in [-0.3, -0.25) is 9.36 Å². The van der Waals surface area contributed by atoms with Crippen molar-refractivity contribution >= 4 is 15.9 Å². The van der Waals surface area contributed by atoms with E-state index in [0.29, 0.717) is 0 Å². The smallest absolute Gasteiger partial charge is 0.0790 e. The van der Waals surface area contributed by atoms with E-state index < -0.39 is 0 Å². The Balaban J connectivity index is 2.33. The fourth-order valence-electron chi connectivity index (χ4n) is 2.30. The van der Waals surface area contributed by atoms with Crippen molar-refractivity contribution in [1.29, 1.82) is 0 Å². The normalized spacial score (nSPS) is 13.0. The third kappa shape index (κ3) is 3.93. The van der Waals surface area contributed by atoms with Crippen LogP contribution in [0, 0.1) is 0 Å². The molecule has 0 saturated heterocycles. The minimum Gasteiger partial charge on any atom is -0.308 e. The van der Waals surface area contributed by atoms with Gasteiger partial charge < -0.3 is 10.2 Å². The third-order valence-electron chi connectivity index (χ3n) is 3.33. The van der Waals surface area contributed by atoms with Crippen LogP contribution >= 0.6 is 15.9 Å². The molecule has 1 atom stereocenters. The molecule has 1 N–H and O–H groups in total. The van der Waals surface area contributed by atoms with Gasteiger partial charge in [0.1, 0.15) is 0 Å². The Morgan fingerprint density at radius 2 is 2.10 bits per heavy atom. The Hall–Kier alpha value is -1.18. The molecule has 2 heterocycles. The van der Waals surface area contributed by atoms with Crippen LogP contribution < -0.4 is 5.32 Å². The molecule has 7 heteroatoms. The van der Waals surface area contributed by atoms with Crippen molar-refractivity contribution in [2.75, 3.05) is 27.2 Å². The summed E-state index contributed by atoms with van der Waals surface area (Å²) in [5, 5.41) is 12.3. The van der Waals surface area contributed by atoms with Gasteiger partial charge in [-0.1, -0.05) is 6.92 Å². The van der Waals surface area contributed by atoms with Crippen LogP contribution in [-0.2, 0) is 13.6 Å². The van der Waals surface area contributed by atoms with Gasteiger partial charge in [-0.25, -0.2) is 0 Å². The van der Waals surface area contributed by atoms with E-state index in [-0.39, 0.29) is 6.04 Å². The third-order valence-corrected chi connectivity index (χ3v) is 3.94. The molecule has 0 aliphatic heterocycles. The second kappa shape index (κ2) is 7.20. The molecule has 0 aromatic carbocycles. The predicted octanol–water partition coefficient (Wildman–Crippen LogP) is 1.64. The molecule has 0 radical (unpaired) electrons. The van der Waals surface area contributed by atoms with Gasteiger partial charge in [0.25, 0.3) is 0 Å². The first kappa shape index (κ1) is 16.2. The highest BCUT2D eigenvalue weighted by atomic mass is 79.9. The molecule has 0 aliphatic carbocycles. The number of hydrogen-bond acceptors (Lipinski definition) is 4. The van der Waals surface area contributed by atoms with Crippen LogP contribution in [0.25, 0.3) is 0 Å². The molecule has 0 saturated carbocycles. The molecule has 0 bridgehead atoms. The average Bonchev–Trinajstić information content (AvgIpc) is 3.00. The number of aryl methyl sites for hydroxylation is 1. The van der Waals surface area contributed by atoms with E-state index in [9.17, 15) is 0 Å². The Bertz CT molecular complexity index is 574. The first-order valence-corrected chi connectivity index (χ1v) is 7.90. The maximum absolute atomic E-state index is 4.50. The van der Waals surface area contributed by atoms with Crippen molar-refractivity contribution < 1.29 is 0 Å². The second-order valence-corrected chi connectivity index (χ2v) is 6.20. The minimum absolute atomic E-state index is 0.0859. The Morgan fingerprint density at radius 3 is 2.67 bits per heavy atom. The molecular formula is C14H23BrN6. The summed E-state index contributed by atoms with van der Waals surface area (Å²) >= 11 is 3.63. The molecule has 2 aromatic rings. The summed E-state index contributed by atoms with van der Waals surface area (Å²) in [4.78, 5) is 2.16. The molecule has 6 nitrogen and oxygen atoms in total. The average molecular weight is 355 g/mol. The fraction of sp³-hybridized carbons (Fsp3) is 0.571. The van der Waals surface area contributed by atoms with Gasteiger partial charge in [-0.15, -0.1) is 0 Å². The first-order valence-electron chi connectivity index (χ1n) is 7.10. The van der Waals surface area contributed by atoms with Crippen LogP contribution in [-0.4, -0.2) is 51.6 Å². The molecule has 21 heavy (non-hydrogen) atoms. The van der Waals surface area contributed by atoms with Gasteiger partial charge in [0.05, 0.1) is 35.1 Å². The van der Waals surface area contributed by atoms with E-state index in [0.717, 1.165) is 35.4 Å². The molecule has 116 valence electrons. The van der Waals surface area contributed by atoms with Gasteiger partial charge in [0, 0.05) is 25.4 Å². The zero-order valence-corrected chi connectivity index (χ0v) is 14.6. The van der Waals surface area contributed by atoms with Crippen LogP contribution in [0.15, 0.2) is 23.1 Å². The molecule has 0 fully saturated rings. The number of halogens is 1. The van der Waals surface area contributed by atoms with Gasteiger partial charge >= 0.3 is 0 Å². The van der Waals surface area contributed by atoms with E-state index in [1.807, 2.05) is 30.3 Å². The summed E-state index contributed by atoms with van der Waals surface area (Å²) in [6.45, 7) is 4.80. The molecular weight excluding hydrogens is 332 g/mol. The summed E-state index contributed by atoms with van der Waals surface area (Å²) < 4.78 is 4.91. The fourth-order valence-corrected chi connectivity index (χ4v) is 2.82. The maximum atomic E-state index is 4.50. The Labute approximate surface area is 134 Å². The first-order chi connectivity index (χ1) is 10.0. The lowest BCUT2D eigenvalue weighted by Gasteiger charge is -2.20. The lowest BCUT2D eigenvalue weighted by molar-refractivity contribution is 0.365. The van der Waals surface area contributed by atoms with Crippen LogP contribution in [0.2, 0.25) is 0 Å². The Morgan fingerprint density at radius 1 is 1.33 bits per heavy atom. The van der Waals surface area contributed by atoms with E-state index in [4.69, 9.17) is 0 Å². The minimum atomic E-state index is 0.0859. The Kier molecular flexibility index (Phi) is 5.55. The van der Waals surface area contributed by atoms with Gasteiger partial charge in [-0.2, -0.15) is 10.2 Å². The van der Waals surface area contributed by atoms with Crippen LogP contribution in [0.3, 0.4) is 0 Å². The lowest BCUT2D eigenvalue weighted by atomic mass is 10.1. The number of likely N-dealkylation sites (N-methyl/N-ethyl adjacent to an activating group) is 1. The number of nitrogens with zero attached hydrogens (tertiary/aromatic N) is 5. The standard InChI is InChI=1S/C14H23BrN6/c1-5-16-13(11-8-17-20(4)10-11)14-12(15)9-18-21(14)7-6-19(2)3/h8-10,13,16H,5-7H2,1-4H3. The van der Waals surface area contributed by atoms with Crippen LogP contribution in [0.5, 0.6) is 0 Å². The SMILES string of the molecule is CCNC(c1cnn(C)c1)c1c(Br)cnn1CCN(C)C. The highest BCUT2D eigenvalue weighted by Crippen LogP contribution is 2.28. The molecule has 0 spiro atoms. The largest absolute Gasteiger partial charge is 0.308 e. The van der Waals surface area contributed by atoms with Crippen LogP contribution in [0.1, 0.15) is 24.2 Å². The van der Waals surface area contributed by atoms with Gasteiger partial charge in [0.2, 0.25) is 0 Å². The molecule has 2 rings (SSSR count). The molecule has 2 aromatic heterocycles. The second-order valence-electron chi connectivity index (χ2n) is 5.34. The summed E-state index contributed by atoms with van der Waals surface area (Å²) in [7, 11) is 6.08. The number of rotatable bonds is 7. The highest BCUT2D eigenvalue weighted by molar-refractivity contribution is 9.10. The van der Waals surface area contributed by atoms with Crippen molar-refractivity contribution in [2.24, 2.45) is 7.05 Å². The number of hydrogen-bond donors (Lipinski definition) is 1. The molecule has 0 amide bonds. The topological polar surface area (TPSA) is 50.9 Å². The van der Waals surface area contributed by atoms with Crippen molar-refractivity contribution in [2.45, 2.75) is 19.5 Å². The number of aromatic nitrogens is 4. The van der Waals surface area contributed by atoms with Crippen molar-refractivity contribution in [1.82, 2.24) is 29.8 Å². The summed E-state index contributed by atoms with van der Waals surface area (Å²) in [5.74, 6) is 0. The van der Waals surface area contributed by atoms with Crippen LogP contribution in [0.4, 0.5) is 0 Å². The van der Waals surface area contributed by atoms with Gasteiger partial charge in [-0.05, 0) is 36.6 Å².